The van der Waals surface area contributed by atoms with E-state index < -0.39 is 0 Å². The van der Waals surface area contributed by atoms with E-state index in [4.69, 9.17) is 4.74 Å². The average molecular weight is 225 g/mol. The SMILES string of the molecule is CCOC1CC(NC2CCC(CC)C2C)C1. The molecule has 1 N–H and O–H groups in total. The Balaban J connectivity index is 1.68. The molecule has 3 unspecified atom stereocenters. The molecule has 2 aliphatic rings. The highest BCUT2D eigenvalue weighted by atomic mass is 16.5. The maximum atomic E-state index is 5.60. The molecule has 0 amide bonds. The van der Waals surface area contributed by atoms with Crippen LogP contribution in [0, 0.1) is 11.8 Å². The summed E-state index contributed by atoms with van der Waals surface area (Å²) in [6.07, 6.45) is 7.17. The lowest BCUT2D eigenvalue weighted by molar-refractivity contribution is -0.0135. The highest BCUT2D eigenvalue weighted by Gasteiger charge is 2.36. The third kappa shape index (κ3) is 2.60. The first-order valence-electron chi connectivity index (χ1n) is 7.12. The molecule has 2 saturated carbocycles. The largest absolute Gasteiger partial charge is 0.378 e. The van der Waals surface area contributed by atoms with Crippen LogP contribution in [-0.2, 0) is 4.74 Å². The van der Waals surface area contributed by atoms with Crippen molar-refractivity contribution in [1.29, 1.82) is 0 Å². The van der Waals surface area contributed by atoms with Crippen molar-refractivity contribution >= 4 is 0 Å². The van der Waals surface area contributed by atoms with Gasteiger partial charge in [-0.05, 0) is 44.4 Å². The molecule has 2 nitrogen and oxygen atoms in total. The van der Waals surface area contributed by atoms with Gasteiger partial charge in [-0.25, -0.2) is 0 Å². The van der Waals surface area contributed by atoms with Gasteiger partial charge in [0.25, 0.3) is 0 Å². The summed E-state index contributed by atoms with van der Waals surface area (Å²) in [6, 6.07) is 1.51. The monoisotopic (exact) mass is 225 g/mol. The van der Waals surface area contributed by atoms with Crippen molar-refractivity contribution in [2.24, 2.45) is 11.8 Å². The summed E-state index contributed by atoms with van der Waals surface area (Å²) < 4.78 is 5.60. The van der Waals surface area contributed by atoms with Crippen LogP contribution in [0.3, 0.4) is 0 Å². The van der Waals surface area contributed by atoms with Gasteiger partial charge in [0.1, 0.15) is 0 Å². The quantitative estimate of drug-likeness (QED) is 0.776. The van der Waals surface area contributed by atoms with Gasteiger partial charge in [-0.15, -0.1) is 0 Å². The third-order valence-electron chi connectivity index (χ3n) is 4.70. The number of nitrogens with one attached hydrogen (secondary N) is 1. The predicted molar refractivity (Wildman–Crippen MR) is 67.5 cm³/mol. The highest BCUT2D eigenvalue weighted by molar-refractivity contribution is 4.93. The molecule has 94 valence electrons. The maximum absolute atomic E-state index is 5.60. The molecule has 0 saturated heterocycles. The summed E-state index contributed by atoms with van der Waals surface area (Å²) in [4.78, 5) is 0. The molecule has 0 aromatic carbocycles. The van der Waals surface area contributed by atoms with Crippen LogP contribution in [0.2, 0.25) is 0 Å². The van der Waals surface area contributed by atoms with E-state index in [0.29, 0.717) is 6.10 Å². The molecule has 0 aromatic heterocycles. The zero-order valence-electron chi connectivity index (χ0n) is 11.0. The number of rotatable bonds is 5. The van der Waals surface area contributed by atoms with E-state index in [2.05, 4.69) is 26.1 Å². The highest BCUT2D eigenvalue weighted by Crippen LogP contribution is 2.35. The molecule has 0 bridgehead atoms. The van der Waals surface area contributed by atoms with E-state index >= 15 is 0 Å². The van der Waals surface area contributed by atoms with Gasteiger partial charge in [0.15, 0.2) is 0 Å². The summed E-state index contributed by atoms with van der Waals surface area (Å²) in [5, 5.41) is 3.84. The Bertz CT molecular complexity index is 213. The van der Waals surface area contributed by atoms with E-state index in [-0.39, 0.29) is 0 Å². The van der Waals surface area contributed by atoms with Crippen molar-refractivity contribution < 1.29 is 4.74 Å². The second kappa shape index (κ2) is 5.50. The van der Waals surface area contributed by atoms with Gasteiger partial charge in [0.05, 0.1) is 6.10 Å². The van der Waals surface area contributed by atoms with Crippen LogP contribution in [-0.4, -0.2) is 24.8 Å². The zero-order valence-corrected chi connectivity index (χ0v) is 11.0. The van der Waals surface area contributed by atoms with Gasteiger partial charge >= 0.3 is 0 Å². The Kier molecular flexibility index (Phi) is 4.26. The minimum atomic E-state index is 0.543. The van der Waals surface area contributed by atoms with Crippen LogP contribution in [0.25, 0.3) is 0 Å². The minimum Gasteiger partial charge on any atom is -0.378 e. The summed E-state index contributed by atoms with van der Waals surface area (Å²) in [7, 11) is 0. The van der Waals surface area contributed by atoms with Gasteiger partial charge in [-0.3, -0.25) is 0 Å². The molecule has 2 aliphatic carbocycles. The molecule has 16 heavy (non-hydrogen) atoms. The van der Waals surface area contributed by atoms with Crippen LogP contribution in [0.5, 0.6) is 0 Å². The third-order valence-corrected chi connectivity index (χ3v) is 4.70. The van der Waals surface area contributed by atoms with E-state index in [1.807, 2.05) is 0 Å². The Morgan fingerprint density at radius 1 is 1.19 bits per heavy atom. The lowest BCUT2D eigenvalue weighted by Gasteiger charge is -2.38. The Morgan fingerprint density at radius 3 is 2.50 bits per heavy atom. The summed E-state index contributed by atoms with van der Waals surface area (Å²) in [5.41, 5.74) is 0. The molecule has 0 spiro atoms. The van der Waals surface area contributed by atoms with Crippen molar-refractivity contribution in [2.75, 3.05) is 6.61 Å². The number of hydrogen-bond acceptors (Lipinski definition) is 2. The van der Waals surface area contributed by atoms with Crippen LogP contribution < -0.4 is 5.32 Å². The molecule has 2 rings (SSSR count). The van der Waals surface area contributed by atoms with Crippen LogP contribution in [0.15, 0.2) is 0 Å². The molecular formula is C14H27NO. The zero-order chi connectivity index (χ0) is 11.5. The molecule has 0 aromatic rings. The number of ether oxygens (including phenoxy) is 1. The van der Waals surface area contributed by atoms with Gasteiger partial charge in [-0.1, -0.05) is 20.3 Å². The van der Waals surface area contributed by atoms with Crippen molar-refractivity contribution in [3.05, 3.63) is 0 Å². The standard InChI is InChI=1S/C14H27NO/c1-4-11-6-7-14(10(11)3)15-12-8-13(9-12)16-5-2/h10-15H,4-9H2,1-3H3. The average Bonchev–Trinajstić information content (AvgIpc) is 2.57. The van der Waals surface area contributed by atoms with E-state index in [9.17, 15) is 0 Å². The summed E-state index contributed by atoms with van der Waals surface area (Å²) in [6.45, 7) is 7.72. The second-order valence-corrected chi connectivity index (χ2v) is 5.62. The predicted octanol–water partition coefficient (Wildman–Crippen LogP) is 2.97. The van der Waals surface area contributed by atoms with E-state index in [1.165, 1.54) is 32.1 Å². The fraction of sp³-hybridized carbons (Fsp3) is 1.00. The Morgan fingerprint density at radius 2 is 1.94 bits per heavy atom. The molecule has 3 atom stereocenters. The minimum absolute atomic E-state index is 0.543. The normalized spacial score (nSPS) is 43.3. The van der Waals surface area contributed by atoms with Crippen LogP contribution >= 0.6 is 0 Å². The Hall–Kier alpha value is -0.0800. The van der Waals surface area contributed by atoms with Crippen molar-refractivity contribution in [3.63, 3.8) is 0 Å². The molecule has 0 aliphatic heterocycles. The first kappa shape index (κ1) is 12.4. The summed E-state index contributed by atoms with van der Waals surface area (Å²) >= 11 is 0. The molecule has 0 heterocycles. The van der Waals surface area contributed by atoms with Gasteiger partial charge in [0, 0.05) is 18.7 Å². The second-order valence-electron chi connectivity index (χ2n) is 5.62. The molecule has 0 radical (unpaired) electrons. The molecular weight excluding hydrogens is 198 g/mol. The lowest BCUT2D eigenvalue weighted by atomic mass is 9.87. The van der Waals surface area contributed by atoms with Gasteiger partial charge in [-0.2, -0.15) is 0 Å². The maximum Gasteiger partial charge on any atom is 0.0604 e. The van der Waals surface area contributed by atoms with Crippen LogP contribution in [0.4, 0.5) is 0 Å². The Labute approximate surface area is 100 Å². The van der Waals surface area contributed by atoms with Crippen molar-refractivity contribution in [2.45, 2.75) is 71.1 Å². The van der Waals surface area contributed by atoms with Crippen molar-refractivity contribution in [1.82, 2.24) is 5.32 Å². The summed E-state index contributed by atoms with van der Waals surface area (Å²) in [5.74, 6) is 1.83. The van der Waals surface area contributed by atoms with Crippen molar-refractivity contribution in [3.8, 4) is 0 Å². The molecule has 2 fully saturated rings. The first-order chi connectivity index (χ1) is 7.74. The number of hydrogen-bond donors (Lipinski definition) is 1. The first-order valence-corrected chi connectivity index (χ1v) is 7.12. The van der Waals surface area contributed by atoms with Gasteiger partial charge < -0.3 is 10.1 Å². The van der Waals surface area contributed by atoms with Gasteiger partial charge in [0.2, 0.25) is 0 Å². The molecule has 2 heteroatoms. The topological polar surface area (TPSA) is 21.3 Å². The fourth-order valence-electron chi connectivity index (χ4n) is 3.44. The van der Waals surface area contributed by atoms with E-state index in [0.717, 1.165) is 30.5 Å². The lowest BCUT2D eigenvalue weighted by Crippen LogP contribution is -2.50. The smallest absolute Gasteiger partial charge is 0.0604 e. The fourth-order valence-corrected chi connectivity index (χ4v) is 3.44. The van der Waals surface area contributed by atoms with Crippen LogP contribution in [0.1, 0.15) is 52.9 Å². The van der Waals surface area contributed by atoms with E-state index in [1.54, 1.807) is 0 Å².